The molecule has 0 aromatic heterocycles. The van der Waals surface area contributed by atoms with E-state index in [0.29, 0.717) is 0 Å². The summed E-state index contributed by atoms with van der Waals surface area (Å²) in [7, 11) is 0. The molecule has 1 aliphatic carbocycles. The zero-order chi connectivity index (χ0) is 7.94. The molecule has 2 nitrogen and oxygen atoms in total. The number of carboxylic acid groups (broad SMARTS) is 1. The highest BCUT2D eigenvalue weighted by molar-refractivity contribution is 9.11. The Morgan fingerprint density at radius 3 is 2.40 bits per heavy atom. The Bertz CT molecular complexity index is 206. The molecule has 1 fully saturated rings. The van der Waals surface area contributed by atoms with Gasteiger partial charge in [-0.15, -0.1) is 0 Å². The Kier molecular flexibility index (Phi) is 1.63. The molecular weight excluding hydrogens is 196 g/mol. The second-order valence-electron chi connectivity index (χ2n) is 3.06. The number of hydrogen-bond donors (Lipinski definition) is 1. The Morgan fingerprint density at radius 2 is 2.30 bits per heavy atom. The lowest BCUT2D eigenvalue weighted by molar-refractivity contribution is -0.139. The number of carboxylic acids is 1. The lowest BCUT2D eigenvalue weighted by Crippen LogP contribution is -2.02. The van der Waals surface area contributed by atoms with E-state index in [1.807, 2.05) is 13.8 Å². The van der Waals surface area contributed by atoms with Gasteiger partial charge in [0.05, 0.1) is 5.92 Å². The summed E-state index contributed by atoms with van der Waals surface area (Å²) in [5.41, 5.74) is 0.843. The third-order valence-corrected chi connectivity index (χ3v) is 2.55. The van der Waals surface area contributed by atoms with Crippen LogP contribution in [0.25, 0.3) is 0 Å². The molecule has 0 bridgehead atoms. The monoisotopic (exact) mass is 204 g/mol. The van der Waals surface area contributed by atoms with Crippen molar-refractivity contribution in [3.05, 3.63) is 10.6 Å². The molecule has 0 amide bonds. The predicted octanol–water partition coefficient (Wildman–Crippen LogP) is 2.01. The van der Waals surface area contributed by atoms with Gasteiger partial charge in [-0.05, 0) is 10.6 Å². The molecule has 1 aliphatic rings. The van der Waals surface area contributed by atoms with Crippen LogP contribution in [0.3, 0.4) is 0 Å². The highest BCUT2D eigenvalue weighted by atomic mass is 79.9. The maximum atomic E-state index is 10.5. The van der Waals surface area contributed by atoms with E-state index < -0.39 is 5.97 Å². The van der Waals surface area contributed by atoms with E-state index in [1.165, 1.54) is 0 Å². The molecule has 3 heteroatoms. The van der Waals surface area contributed by atoms with Gasteiger partial charge < -0.3 is 5.11 Å². The molecule has 0 aromatic rings. The van der Waals surface area contributed by atoms with Crippen molar-refractivity contribution >= 4 is 21.9 Å². The van der Waals surface area contributed by atoms with Gasteiger partial charge in [-0.3, -0.25) is 4.79 Å². The van der Waals surface area contributed by atoms with Gasteiger partial charge in [0, 0.05) is 5.41 Å². The van der Waals surface area contributed by atoms with Gasteiger partial charge in [0.2, 0.25) is 0 Å². The minimum Gasteiger partial charge on any atom is -0.481 e. The standard InChI is InChI=1S/C7H9BrO2/c1-7(2)4(3-8)5(7)6(9)10/h3,5H,1-2H3,(H,9,10). The van der Waals surface area contributed by atoms with Gasteiger partial charge in [0.25, 0.3) is 0 Å². The van der Waals surface area contributed by atoms with Crippen molar-refractivity contribution in [3.8, 4) is 0 Å². The first-order valence-corrected chi connectivity index (χ1v) is 3.97. The molecule has 1 atom stereocenters. The van der Waals surface area contributed by atoms with Crippen LogP contribution in [0.1, 0.15) is 13.8 Å². The van der Waals surface area contributed by atoms with Crippen molar-refractivity contribution < 1.29 is 9.90 Å². The van der Waals surface area contributed by atoms with E-state index in [4.69, 9.17) is 5.11 Å². The molecule has 56 valence electrons. The summed E-state index contributed by atoms with van der Waals surface area (Å²) in [6, 6.07) is 0. The molecule has 0 aromatic carbocycles. The summed E-state index contributed by atoms with van der Waals surface area (Å²) in [6.45, 7) is 3.86. The van der Waals surface area contributed by atoms with Crippen LogP contribution in [-0.4, -0.2) is 11.1 Å². The van der Waals surface area contributed by atoms with Gasteiger partial charge >= 0.3 is 5.97 Å². The van der Waals surface area contributed by atoms with Crippen molar-refractivity contribution in [1.29, 1.82) is 0 Å². The number of hydrogen-bond acceptors (Lipinski definition) is 1. The summed E-state index contributed by atoms with van der Waals surface area (Å²) >= 11 is 3.14. The molecule has 0 spiro atoms. The van der Waals surface area contributed by atoms with Crippen LogP contribution in [-0.2, 0) is 4.79 Å². The average Bonchev–Trinajstić information content (AvgIpc) is 2.33. The van der Waals surface area contributed by atoms with Crippen LogP contribution < -0.4 is 0 Å². The average molecular weight is 205 g/mol. The van der Waals surface area contributed by atoms with E-state index in [2.05, 4.69) is 15.9 Å². The number of aliphatic carboxylic acids is 1. The normalized spacial score (nSPS) is 32.3. The predicted molar refractivity (Wildman–Crippen MR) is 41.9 cm³/mol. The van der Waals surface area contributed by atoms with Gasteiger partial charge in [0.1, 0.15) is 0 Å². The van der Waals surface area contributed by atoms with Crippen molar-refractivity contribution in [2.75, 3.05) is 0 Å². The first-order valence-electron chi connectivity index (χ1n) is 3.05. The zero-order valence-corrected chi connectivity index (χ0v) is 7.47. The third-order valence-electron chi connectivity index (χ3n) is 2.06. The molecular formula is C7H9BrO2. The fraction of sp³-hybridized carbons (Fsp3) is 0.571. The molecule has 1 unspecified atom stereocenters. The van der Waals surface area contributed by atoms with E-state index in [9.17, 15) is 4.79 Å². The van der Waals surface area contributed by atoms with Gasteiger partial charge in [-0.2, -0.15) is 0 Å². The fourth-order valence-corrected chi connectivity index (χ4v) is 2.08. The van der Waals surface area contributed by atoms with E-state index in [0.717, 1.165) is 5.57 Å². The van der Waals surface area contributed by atoms with Crippen molar-refractivity contribution in [2.24, 2.45) is 11.3 Å². The summed E-state index contributed by atoms with van der Waals surface area (Å²) < 4.78 is 0. The molecule has 10 heavy (non-hydrogen) atoms. The minimum absolute atomic E-state index is 0.130. The Morgan fingerprint density at radius 1 is 1.80 bits per heavy atom. The smallest absolute Gasteiger partial charge is 0.311 e. The maximum Gasteiger partial charge on any atom is 0.311 e. The SMILES string of the molecule is CC1(C)C(=CBr)C1C(=O)O. The lowest BCUT2D eigenvalue weighted by atomic mass is 10.1. The molecule has 1 saturated carbocycles. The second-order valence-corrected chi connectivity index (χ2v) is 3.52. The minimum atomic E-state index is -0.726. The van der Waals surface area contributed by atoms with Gasteiger partial charge in [-0.25, -0.2) is 0 Å². The first-order chi connectivity index (χ1) is 4.51. The number of halogens is 1. The highest BCUT2D eigenvalue weighted by Gasteiger charge is 2.56. The quantitative estimate of drug-likeness (QED) is 0.710. The van der Waals surface area contributed by atoms with Crippen LogP contribution in [0.5, 0.6) is 0 Å². The van der Waals surface area contributed by atoms with Crippen LogP contribution >= 0.6 is 15.9 Å². The molecule has 0 radical (unpaired) electrons. The van der Waals surface area contributed by atoms with E-state index in [1.54, 1.807) is 4.99 Å². The molecule has 0 aliphatic heterocycles. The van der Waals surface area contributed by atoms with Crippen molar-refractivity contribution in [2.45, 2.75) is 13.8 Å². The summed E-state index contributed by atoms with van der Waals surface area (Å²) in [6.07, 6.45) is 0. The van der Waals surface area contributed by atoms with E-state index in [-0.39, 0.29) is 11.3 Å². The molecule has 1 rings (SSSR count). The second kappa shape index (κ2) is 2.09. The number of carbonyl (C=O) groups is 1. The lowest BCUT2D eigenvalue weighted by Gasteiger charge is -1.93. The Balaban J connectivity index is 2.81. The Labute approximate surface area is 68.1 Å². The first kappa shape index (κ1) is 7.79. The number of rotatable bonds is 1. The van der Waals surface area contributed by atoms with Gasteiger partial charge in [-0.1, -0.05) is 29.8 Å². The van der Waals surface area contributed by atoms with Crippen LogP contribution in [0.4, 0.5) is 0 Å². The largest absolute Gasteiger partial charge is 0.481 e. The van der Waals surface area contributed by atoms with Crippen LogP contribution in [0, 0.1) is 11.3 Å². The van der Waals surface area contributed by atoms with Gasteiger partial charge in [0.15, 0.2) is 0 Å². The van der Waals surface area contributed by atoms with Crippen molar-refractivity contribution in [3.63, 3.8) is 0 Å². The van der Waals surface area contributed by atoms with Crippen LogP contribution in [0.15, 0.2) is 10.6 Å². The van der Waals surface area contributed by atoms with E-state index >= 15 is 0 Å². The summed E-state index contributed by atoms with van der Waals surface area (Å²) in [4.78, 5) is 12.2. The molecule has 1 N–H and O–H groups in total. The zero-order valence-electron chi connectivity index (χ0n) is 5.89. The summed E-state index contributed by atoms with van der Waals surface area (Å²) in [5, 5.41) is 8.63. The highest BCUT2D eigenvalue weighted by Crippen LogP contribution is 2.58. The van der Waals surface area contributed by atoms with Crippen LogP contribution in [0.2, 0.25) is 0 Å². The molecule has 0 heterocycles. The van der Waals surface area contributed by atoms with Crippen molar-refractivity contribution in [1.82, 2.24) is 0 Å². The maximum absolute atomic E-state index is 10.5. The summed E-state index contributed by atoms with van der Waals surface area (Å²) in [5.74, 6) is -0.998. The Hall–Kier alpha value is -0.310. The topological polar surface area (TPSA) is 37.3 Å². The fourth-order valence-electron chi connectivity index (χ4n) is 1.23. The molecule has 0 saturated heterocycles. The third kappa shape index (κ3) is 0.888.